The number of rotatable bonds is 3. The van der Waals surface area contributed by atoms with Crippen LogP contribution < -0.4 is 4.74 Å². The number of halogens is 1. The van der Waals surface area contributed by atoms with Crippen molar-refractivity contribution in [1.29, 1.82) is 0 Å². The zero-order valence-electron chi connectivity index (χ0n) is 10.8. The number of aliphatic imine (C=N–C) groups is 1. The average Bonchev–Trinajstić information content (AvgIpc) is 2.30. The molecule has 4 heteroatoms. The molecular formula is C14H16BrNO2. The molecule has 0 aliphatic heterocycles. The van der Waals surface area contributed by atoms with Crippen LogP contribution in [0.3, 0.4) is 0 Å². The Morgan fingerprint density at radius 1 is 1.44 bits per heavy atom. The van der Waals surface area contributed by atoms with Crippen molar-refractivity contribution in [1.82, 2.24) is 0 Å². The lowest BCUT2D eigenvalue weighted by atomic mass is 9.71. The standard InChI is InChI=1S/C14H16BrNO2/c1-9-7-11(13(18-3)10(2)12(9)15)14(16-8-17)5-4-6-14/h7H,4-6H2,1-3H3. The molecule has 1 aliphatic carbocycles. The fourth-order valence-corrected chi connectivity index (χ4v) is 2.89. The van der Waals surface area contributed by atoms with E-state index >= 15 is 0 Å². The molecule has 1 saturated carbocycles. The minimum absolute atomic E-state index is 0.413. The van der Waals surface area contributed by atoms with Gasteiger partial charge in [-0.05, 0) is 44.7 Å². The molecule has 0 bridgehead atoms. The Morgan fingerprint density at radius 2 is 2.11 bits per heavy atom. The van der Waals surface area contributed by atoms with E-state index in [4.69, 9.17) is 4.74 Å². The van der Waals surface area contributed by atoms with E-state index in [1.54, 1.807) is 13.2 Å². The minimum atomic E-state index is -0.413. The van der Waals surface area contributed by atoms with Crippen LogP contribution in [0, 0.1) is 13.8 Å². The number of ether oxygens (including phenoxy) is 1. The molecule has 0 saturated heterocycles. The molecule has 96 valence electrons. The van der Waals surface area contributed by atoms with Crippen LogP contribution in [0.5, 0.6) is 5.75 Å². The summed E-state index contributed by atoms with van der Waals surface area (Å²) in [6.07, 6.45) is 4.58. The SMILES string of the molecule is COc1c(C2(N=C=O)CCC2)cc(C)c(Br)c1C. The Balaban J connectivity index is 2.67. The molecule has 1 aromatic rings. The van der Waals surface area contributed by atoms with E-state index in [1.165, 1.54) is 0 Å². The van der Waals surface area contributed by atoms with Crippen LogP contribution in [0.15, 0.2) is 15.5 Å². The molecule has 18 heavy (non-hydrogen) atoms. The van der Waals surface area contributed by atoms with E-state index in [9.17, 15) is 4.79 Å². The molecule has 1 fully saturated rings. The van der Waals surface area contributed by atoms with Crippen LogP contribution in [-0.2, 0) is 10.3 Å². The molecule has 0 N–H and O–H groups in total. The number of methoxy groups -OCH3 is 1. The normalized spacial score (nSPS) is 16.7. The van der Waals surface area contributed by atoms with Crippen molar-refractivity contribution in [2.75, 3.05) is 7.11 Å². The molecule has 1 aliphatic rings. The zero-order valence-corrected chi connectivity index (χ0v) is 12.4. The highest BCUT2D eigenvalue weighted by Crippen LogP contribution is 2.50. The smallest absolute Gasteiger partial charge is 0.235 e. The second-order valence-corrected chi connectivity index (χ2v) is 5.59. The lowest BCUT2D eigenvalue weighted by Gasteiger charge is -2.38. The van der Waals surface area contributed by atoms with Gasteiger partial charge in [-0.25, -0.2) is 4.79 Å². The maximum absolute atomic E-state index is 10.7. The van der Waals surface area contributed by atoms with E-state index in [0.717, 1.165) is 46.2 Å². The fraction of sp³-hybridized carbons (Fsp3) is 0.500. The number of hydrogen-bond acceptors (Lipinski definition) is 3. The third-order valence-corrected chi connectivity index (χ3v) is 4.99. The summed E-state index contributed by atoms with van der Waals surface area (Å²) < 4.78 is 6.57. The van der Waals surface area contributed by atoms with Crippen molar-refractivity contribution >= 4 is 22.0 Å². The van der Waals surface area contributed by atoms with Gasteiger partial charge in [0.1, 0.15) is 11.3 Å². The molecule has 0 spiro atoms. The predicted molar refractivity (Wildman–Crippen MR) is 73.8 cm³/mol. The highest BCUT2D eigenvalue weighted by Gasteiger charge is 2.41. The summed E-state index contributed by atoms with van der Waals surface area (Å²) >= 11 is 3.56. The first kappa shape index (κ1) is 13.3. The molecule has 1 aromatic carbocycles. The summed E-state index contributed by atoms with van der Waals surface area (Å²) in [5.74, 6) is 0.825. The van der Waals surface area contributed by atoms with Gasteiger partial charge < -0.3 is 4.74 Å². The number of isocyanates is 1. The second kappa shape index (κ2) is 4.87. The Kier molecular flexibility index (Phi) is 3.60. The van der Waals surface area contributed by atoms with E-state index in [1.807, 2.05) is 13.8 Å². The topological polar surface area (TPSA) is 38.7 Å². The molecule has 0 unspecified atom stereocenters. The molecule has 0 radical (unpaired) electrons. The maximum atomic E-state index is 10.7. The van der Waals surface area contributed by atoms with Crippen molar-refractivity contribution in [3.05, 3.63) is 27.2 Å². The zero-order chi connectivity index (χ0) is 13.3. The lowest BCUT2D eigenvalue weighted by molar-refractivity contribution is 0.245. The summed E-state index contributed by atoms with van der Waals surface area (Å²) in [5, 5.41) is 0. The molecule has 2 rings (SSSR count). The third-order valence-electron chi connectivity index (χ3n) is 3.77. The van der Waals surface area contributed by atoms with Gasteiger partial charge in [-0.1, -0.05) is 15.9 Å². The highest BCUT2D eigenvalue weighted by molar-refractivity contribution is 9.10. The van der Waals surface area contributed by atoms with E-state index in [2.05, 4.69) is 27.0 Å². The van der Waals surface area contributed by atoms with Gasteiger partial charge in [0.25, 0.3) is 0 Å². The van der Waals surface area contributed by atoms with Gasteiger partial charge in [0.2, 0.25) is 6.08 Å². The highest BCUT2D eigenvalue weighted by atomic mass is 79.9. The van der Waals surface area contributed by atoms with Gasteiger partial charge in [-0.2, -0.15) is 4.99 Å². The van der Waals surface area contributed by atoms with Gasteiger partial charge in [-0.3, -0.25) is 0 Å². The summed E-state index contributed by atoms with van der Waals surface area (Å²) in [4.78, 5) is 14.7. The number of benzene rings is 1. The Hall–Kier alpha value is -1.12. The quantitative estimate of drug-likeness (QED) is 0.629. The van der Waals surface area contributed by atoms with Crippen LogP contribution >= 0.6 is 15.9 Å². The van der Waals surface area contributed by atoms with Crippen LogP contribution in [0.4, 0.5) is 0 Å². The summed E-state index contributed by atoms with van der Waals surface area (Å²) in [5.41, 5.74) is 2.79. The molecular weight excluding hydrogens is 294 g/mol. The van der Waals surface area contributed by atoms with E-state index in [0.29, 0.717) is 0 Å². The lowest BCUT2D eigenvalue weighted by Crippen LogP contribution is -2.32. The largest absolute Gasteiger partial charge is 0.496 e. The molecule has 0 amide bonds. The van der Waals surface area contributed by atoms with Gasteiger partial charge in [-0.15, -0.1) is 0 Å². The molecule has 0 heterocycles. The molecule has 0 atom stereocenters. The predicted octanol–water partition coefficient (Wildman–Crippen LogP) is 3.79. The van der Waals surface area contributed by atoms with Crippen LogP contribution in [-0.4, -0.2) is 13.2 Å². The minimum Gasteiger partial charge on any atom is -0.496 e. The summed E-state index contributed by atoms with van der Waals surface area (Å²) in [6, 6.07) is 2.07. The number of aryl methyl sites for hydroxylation is 1. The maximum Gasteiger partial charge on any atom is 0.235 e. The van der Waals surface area contributed by atoms with Gasteiger partial charge in [0.15, 0.2) is 0 Å². The second-order valence-electron chi connectivity index (χ2n) is 4.80. The third kappa shape index (κ3) is 1.90. The monoisotopic (exact) mass is 309 g/mol. The Labute approximate surface area is 115 Å². The average molecular weight is 310 g/mol. The van der Waals surface area contributed by atoms with Gasteiger partial charge in [0, 0.05) is 15.6 Å². The molecule has 3 nitrogen and oxygen atoms in total. The summed E-state index contributed by atoms with van der Waals surface area (Å²) in [6.45, 7) is 4.05. The Bertz CT molecular complexity index is 529. The Morgan fingerprint density at radius 3 is 2.56 bits per heavy atom. The molecule has 0 aromatic heterocycles. The van der Waals surface area contributed by atoms with Crippen molar-refractivity contribution in [2.24, 2.45) is 4.99 Å². The van der Waals surface area contributed by atoms with Crippen LogP contribution in [0.1, 0.15) is 36.0 Å². The summed E-state index contributed by atoms with van der Waals surface area (Å²) in [7, 11) is 1.66. The van der Waals surface area contributed by atoms with E-state index < -0.39 is 5.54 Å². The number of hydrogen-bond donors (Lipinski definition) is 0. The van der Waals surface area contributed by atoms with Gasteiger partial charge in [0.05, 0.1) is 7.11 Å². The number of carbonyl (C=O) groups excluding carboxylic acids is 1. The van der Waals surface area contributed by atoms with Gasteiger partial charge >= 0.3 is 0 Å². The van der Waals surface area contributed by atoms with Crippen LogP contribution in [0.25, 0.3) is 0 Å². The van der Waals surface area contributed by atoms with E-state index in [-0.39, 0.29) is 0 Å². The van der Waals surface area contributed by atoms with Crippen LogP contribution in [0.2, 0.25) is 0 Å². The first-order chi connectivity index (χ1) is 8.55. The number of nitrogens with zero attached hydrogens (tertiary/aromatic N) is 1. The van der Waals surface area contributed by atoms with Crippen molar-refractivity contribution in [3.63, 3.8) is 0 Å². The first-order valence-electron chi connectivity index (χ1n) is 5.99. The van der Waals surface area contributed by atoms with Crippen molar-refractivity contribution < 1.29 is 9.53 Å². The first-order valence-corrected chi connectivity index (χ1v) is 6.78. The van der Waals surface area contributed by atoms with Crippen molar-refractivity contribution in [3.8, 4) is 5.75 Å². The fourth-order valence-electron chi connectivity index (χ4n) is 2.59. The van der Waals surface area contributed by atoms with Crippen molar-refractivity contribution in [2.45, 2.75) is 38.6 Å².